The molecule has 1 amide bonds. The van der Waals surface area contributed by atoms with Crippen molar-refractivity contribution in [2.75, 3.05) is 18.4 Å². The van der Waals surface area contributed by atoms with Crippen LogP contribution in [0.2, 0.25) is 0 Å². The molecule has 1 unspecified atom stereocenters. The molecule has 1 fully saturated rings. The molecule has 0 aliphatic carbocycles. The van der Waals surface area contributed by atoms with Gasteiger partial charge in [-0.25, -0.2) is 13.5 Å². The molecule has 2 aliphatic heterocycles. The van der Waals surface area contributed by atoms with Gasteiger partial charge in [0.15, 0.2) is 0 Å². The van der Waals surface area contributed by atoms with Gasteiger partial charge >= 0.3 is 0 Å². The minimum atomic E-state index is -2.47. The number of aryl methyl sites for hydroxylation is 2. The van der Waals surface area contributed by atoms with Gasteiger partial charge in [-0.1, -0.05) is 5.16 Å². The van der Waals surface area contributed by atoms with Crippen LogP contribution in [0.5, 0.6) is 0 Å². The molecule has 2 aliphatic rings. The molecule has 4 rings (SSSR count). The van der Waals surface area contributed by atoms with Crippen LogP contribution in [0, 0.1) is 12.8 Å². The second-order valence-corrected chi connectivity index (χ2v) is 7.72. The number of anilines is 1. The predicted molar refractivity (Wildman–Crippen MR) is 98.2 cm³/mol. The monoisotopic (exact) mass is 393 g/mol. The summed E-state index contributed by atoms with van der Waals surface area (Å²) in [7, 11) is 0. The summed E-state index contributed by atoms with van der Waals surface area (Å²) in [5, 5.41) is 11.3. The number of fused-ring (bicyclic) bond motifs is 1. The lowest BCUT2D eigenvalue weighted by atomic mass is 9.86. The number of hydrogen-bond acceptors (Lipinski definition) is 5. The lowest BCUT2D eigenvalue weighted by molar-refractivity contribution is -0.133. The summed E-state index contributed by atoms with van der Waals surface area (Å²) in [5.41, 5.74) is 0.724. The van der Waals surface area contributed by atoms with E-state index in [1.54, 1.807) is 19.2 Å². The molecule has 2 aromatic rings. The van der Waals surface area contributed by atoms with Gasteiger partial charge in [-0.05, 0) is 32.1 Å². The van der Waals surface area contributed by atoms with E-state index < -0.39 is 12.5 Å². The number of alkyl halides is 2. The molecule has 0 bridgehead atoms. The Hall–Kier alpha value is -2.45. The van der Waals surface area contributed by atoms with Crippen molar-refractivity contribution in [3.63, 3.8) is 0 Å². The number of halogens is 2. The van der Waals surface area contributed by atoms with E-state index in [0.717, 1.165) is 18.5 Å². The molecule has 4 heterocycles. The van der Waals surface area contributed by atoms with Crippen LogP contribution in [0.4, 0.5) is 14.6 Å². The molecule has 2 aromatic heterocycles. The highest BCUT2D eigenvalue weighted by atomic mass is 19.3. The highest BCUT2D eigenvalue weighted by molar-refractivity contribution is 5.76. The fourth-order valence-corrected chi connectivity index (χ4v) is 4.33. The Bertz CT molecular complexity index is 807. The molecule has 0 radical (unpaired) electrons. The quantitative estimate of drug-likeness (QED) is 0.845. The molecular formula is C19H25F2N5O2. The maximum Gasteiger partial charge on any atom is 0.260 e. The molecule has 9 heteroatoms. The summed E-state index contributed by atoms with van der Waals surface area (Å²) in [6.07, 6.45) is 2.11. The average Bonchev–Trinajstić information content (AvgIpc) is 3.33. The predicted octanol–water partition coefficient (Wildman–Crippen LogP) is 3.04. The standard InChI is InChI=1S/C19H25F2N5O2/c1-12-9-17-23-15(10-16(19(20)21)26(17)24-12)13-3-2-8-25(11-13)18(27)5-4-14-6-7-22-28-14/h6-7,9,13,15-16,19,23H,2-5,8,10-11H2,1H3/t13?,15-,16+/m0/s1. The maximum absolute atomic E-state index is 13.6. The van der Waals surface area contributed by atoms with Gasteiger partial charge in [0, 0.05) is 44.1 Å². The summed E-state index contributed by atoms with van der Waals surface area (Å²) >= 11 is 0. The third-order valence-corrected chi connectivity index (χ3v) is 5.75. The van der Waals surface area contributed by atoms with Crippen molar-refractivity contribution in [2.24, 2.45) is 5.92 Å². The number of piperidine rings is 1. The third-order valence-electron chi connectivity index (χ3n) is 5.75. The summed E-state index contributed by atoms with van der Waals surface area (Å²) in [4.78, 5) is 14.5. The number of hydrogen-bond donors (Lipinski definition) is 1. The van der Waals surface area contributed by atoms with Gasteiger partial charge in [0.2, 0.25) is 5.91 Å². The van der Waals surface area contributed by atoms with Gasteiger partial charge in [-0.3, -0.25) is 4.79 Å². The Kier molecular flexibility index (Phi) is 5.32. The van der Waals surface area contributed by atoms with Crippen molar-refractivity contribution in [2.45, 2.75) is 57.5 Å². The van der Waals surface area contributed by atoms with Gasteiger partial charge in [0.1, 0.15) is 17.6 Å². The summed E-state index contributed by atoms with van der Waals surface area (Å²) in [6, 6.07) is 2.55. The highest BCUT2D eigenvalue weighted by Crippen LogP contribution is 2.36. The number of amides is 1. The number of nitrogens with zero attached hydrogens (tertiary/aromatic N) is 4. The van der Waals surface area contributed by atoms with Crippen LogP contribution in [0.25, 0.3) is 0 Å². The first-order valence-corrected chi connectivity index (χ1v) is 9.79. The van der Waals surface area contributed by atoms with Crippen LogP contribution in [-0.4, -0.2) is 51.3 Å². The minimum absolute atomic E-state index is 0.0724. The van der Waals surface area contributed by atoms with Crippen molar-refractivity contribution in [3.05, 3.63) is 29.8 Å². The van der Waals surface area contributed by atoms with Crippen LogP contribution in [0.3, 0.4) is 0 Å². The van der Waals surface area contributed by atoms with E-state index >= 15 is 0 Å². The van der Waals surface area contributed by atoms with Gasteiger partial charge in [0.25, 0.3) is 6.43 Å². The molecule has 0 aromatic carbocycles. The summed E-state index contributed by atoms with van der Waals surface area (Å²) in [5.74, 6) is 1.56. The molecule has 3 atom stereocenters. The highest BCUT2D eigenvalue weighted by Gasteiger charge is 2.38. The Morgan fingerprint density at radius 2 is 2.32 bits per heavy atom. The molecule has 7 nitrogen and oxygen atoms in total. The van der Waals surface area contributed by atoms with Crippen LogP contribution in [0.15, 0.2) is 22.9 Å². The Labute approximate surface area is 162 Å². The van der Waals surface area contributed by atoms with E-state index in [0.29, 0.717) is 43.9 Å². The topological polar surface area (TPSA) is 76.2 Å². The SMILES string of the molecule is Cc1cc2n(n1)[C@@H](C(F)F)C[C@@H](C1CCCN(C(=O)CCc3ccno3)C1)N2. The molecular weight excluding hydrogens is 368 g/mol. The van der Waals surface area contributed by atoms with Crippen LogP contribution < -0.4 is 5.32 Å². The number of likely N-dealkylation sites (tertiary alicyclic amines) is 1. The van der Waals surface area contributed by atoms with Gasteiger partial charge < -0.3 is 14.7 Å². The van der Waals surface area contributed by atoms with E-state index in [1.165, 1.54) is 4.68 Å². The third kappa shape index (κ3) is 3.88. The van der Waals surface area contributed by atoms with Crippen molar-refractivity contribution in [1.82, 2.24) is 19.8 Å². The van der Waals surface area contributed by atoms with Gasteiger partial charge in [-0.15, -0.1) is 0 Å². The van der Waals surface area contributed by atoms with Gasteiger partial charge in [-0.2, -0.15) is 5.10 Å². The van der Waals surface area contributed by atoms with Crippen LogP contribution >= 0.6 is 0 Å². The number of nitrogens with one attached hydrogen (secondary N) is 1. The zero-order valence-electron chi connectivity index (χ0n) is 15.9. The van der Waals surface area contributed by atoms with E-state index in [2.05, 4.69) is 15.6 Å². The molecule has 1 N–H and O–H groups in total. The average molecular weight is 393 g/mol. The van der Waals surface area contributed by atoms with Gasteiger partial charge in [0.05, 0.1) is 11.9 Å². The zero-order valence-corrected chi connectivity index (χ0v) is 15.9. The van der Waals surface area contributed by atoms with Crippen LogP contribution in [-0.2, 0) is 11.2 Å². The second kappa shape index (κ2) is 7.89. The lowest BCUT2D eigenvalue weighted by Crippen LogP contribution is -2.48. The molecule has 28 heavy (non-hydrogen) atoms. The molecule has 152 valence electrons. The Morgan fingerprint density at radius 3 is 3.07 bits per heavy atom. The largest absolute Gasteiger partial charge is 0.367 e. The first kappa shape index (κ1) is 18.9. The Balaban J connectivity index is 1.40. The summed E-state index contributed by atoms with van der Waals surface area (Å²) < 4.78 is 33.7. The number of carbonyl (C=O) groups is 1. The van der Waals surface area contributed by atoms with E-state index in [1.807, 2.05) is 11.0 Å². The lowest BCUT2D eigenvalue weighted by Gasteiger charge is -2.41. The van der Waals surface area contributed by atoms with Crippen molar-refractivity contribution < 1.29 is 18.1 Å². The molecule has 0 saturated carbocycles. The fraction of sp³-hybridized carbons (Fsp3) is 0.632. The Morgan fingerprint density at radius 1 is 1.46 bits per heavy atom. The van der Waals surface area contributed by atoms with E-state index in [4.69, 9.17) is 4.52 Å². The second-order valence-electron chi connectivity index (χ2n) is 7.72. The number of aromatic nitrogens is 3. The zero-order chi connectivity index (χ0) is 19.7. The number of carbonyl (C=O) groups excluding carboxylic acids is 1. The molecule has 0 spiro atoms. The summed E-state index contributed by atoms with van der Waals surface area (Å²) in [6.45, 7) is 3.11. The van der Waals surface area contributed by atoms with E-state index in [-0.39, 0.29) is 17.9 Å². The normalized spacial score (nSPS) is 24.9. The van der Waals surface area contributed by atoms with Crippen molar-refractivity contribution >= 4 is 11.7 Å². The molecule has 1 saturated heterocycles. The smallest absolute Gasteiger partial charge is 0.260 e. The number of rotatable bonds is 5. The maximum atomic E-state index is 13.6. The first-order chi connectivity index (χ1) is 13.5. The van der Waals surface area contributed by atoms with Crippen molar-refractivity contribution in [3.8, 4) is 0 Å². The van der Waals surface area contributed by atoms with Crippen LogP contribution in [0.1, 0.15) is 43.2 Å². The van der Waals surface area contributed by atoms with E-state index in [9.17, 15) is 13.6 Å². The first-order valence-electron chi connectivity index (χ1n) is 9.79. The van der Waals surface area contributed by atoms with Crippen molar-refractivity contribution in [1.29, 1.82) is 0 Å². The minimum Gasteiger partial charge on any atom is -0.367 e. The fourth-order valence-electron chi connectivity index (χ4n) is 4.33.